The van der Waals surface area contributed by atoms with E-state index < -0.39 is 6.04 Å². The van der Waals surface area contributed by atoms with Gasteiger partial charge in [0.15, 0.2) is 0 Å². The number of amides is 1. The van der Waals surface area contributed by atoms with Crippen molar-refractivity contribution in [1.29, 1.82) is 0 Å². The standard InChI is InChI=1S/C19H31N3O2/c1-14(13-21-16-8-10-17(24-2)11-9-16)22-19(23)18(20)12-15-6-4-3-5-7-15/h8-11,14-15,18,21H,3-7,12-13,20H2,1-2H3,(H,22,23)/t14-,18-/m0/s1. The zero-order valence-electron chi connectivity index (χ0n) is 14.9. The van der Waals surface area contributed by atoms with Crippen LogP contribution >= 0.6 is 0 Å². The molecule has 5 heteroatoms. The minimum absolute atomic E-state index is 0.0250. The van der Waals surface area contributed by atoms with E-state index >= 15 is 0 Å². The molecule has 24 heavy (non-hydrogen) atoms. The van der Waals surface area contributed by atoms with Crippen LogP contribution in [-0.2, 0) is 4.79 Å². The average molecular weight is 333 g/mol. The Kier molecular flexibility index (Phi) is 7.37. The first-order chi connectivity index (χ1) is 11.6. The number of ether oxygens (including phenoxy) is 1. The number of methoxy groups -OCH3 is 1. The van der Waals surface area contributed by atoms with Crippen molar-refractivity contribution in [3.8, 4) is 5.75 Å². The van der Waals surface area contributed by atoms with Crippen molar-refractivity contribution in [1.82, 2.24) is 5.32 Å². The molecule has 4 N–H and O–H groups in total. The van der Waals surface area contributed by atoms with E-state index in [1.165, 1.54) is 32.1 Å². The summed E-state index contributed by atoms with van der Waals surface area (Å²) >= 11 is 0. The van der Waals surface area contributed by atoms with Crippen LogP contribution in [0.3, 0.4) is 0 Å². The Morgan fingerprint density at radius 3 is 2.54 bits per heavy atom. The van der Waals surface area contributed by atoms with E-state index in [0.717, 1.165) is 17.9 Å². The summed E-state index contributed by atoms with van der Waals surface area (Å²) in [5.74, 6) is 1.41. The minimum atomic E-state index is -0.392. The lowest BCUT2D eigenvalue weighted by Gasteiger charge is -2.25. The molecule has 1 amide bonds. The van der Waals surface area contributed by atoms with E-state index in [1.807, 2.05) is 31.2 Å². The van der Waals surface area contributed by atoms with Gasteiger partial charge < -0.3 is 21.1 Å². The maximum absolute atomic E-state index is 12.2. The summed E-state index contributed by atoms with van der Waals surface area (Å²) in [4.78, 5) is 12.2. The maximum atomic E-state index is 12.2. The quantitative estimate of drug-likeness (QED) is 0.684. The molecule has 0 unspecified atom stereocenters. The van der Waals surface area contributed by atoms with Gasteiger partial charge in [-0.3, -0.25) is 4.79 Å². The van der Waals surface area contributed by atoms with Gasteiger partial charge in [-0.2, -0.15) is 0 Å². The molecule has 1 aliphatic rings. The van der Waals surface area contributed by atoms with Crippen LogP contribution in [0.15, 0.2) is 24.3 Å². The van der Waals surface area contributed by atoms with Gasteiger partial charge in [0.25, 0.3) is 0 Å². The van der Waals surface area contributed by atoms with Crippen LogP contribution < -0.4 is 21.1 Å². The number of carbonyl (C=O) groups excluding carboxylic acids is 1. The predicted octanol–water partition coefficient (Wildman–Crippen LogP) is 2.91. The lowest BCUT2D eigenvalue weighted by Crippen LogP contribution is -2.47. The number of benzene rings is 1. The summed E-state index contributed by atoms with van der Waals surface area (Å²) in [6.45, 7) is 2.65. The number of nitrogens with two attached hydrogens (primary N) is 1. The second-order valence-corrected chi connectivity index (χ2v) is 6.87. The van der Waals surface area contributed by atoms with Gasteiger partial charge in [-0.05, 0) is 43.5 Å². The van der Waals surface area contributed by atoms with Crippen molar-refractivity contribution in [2.24, 2.45) is 11.7 Å². The molecule has 2 atom stereocenters. The van der Waals surface area contributed by atoms with Gasteiger partial charge in [-0.1, -0.05) is 32.1 Å². The Morgan fingerprint density at radius 1 is 1.25 bits per heavy atom. The van der Waals surface area contributed by atoms with Gasteiger partial charge in [-0.15, -0.1) is 0 Å². The van der Waals surface area contributed by atoms with Crippen LogP contribution in [0.2, 0.25) is 0 Å². The molecule has 1 saturated carbocycles. The minimum Gasteiger partial charge on any atom is -0.497 e. The first kappa shape index (κ1) is 18.6. The molecule has 1 aromatic rings. The Labute approximate surface area is 145 Å². The van der Waals surface area contributed by atoms with E-state index in [2.05, 4.69) is 10.6 Å². The van der Waals surface area contributed by atoms with Crippen molar-refractivity contribution >= 4 is 11.6 Å². The molecular formula is C19H31N3O2. The summed E-state index contributed by atoms with van der Waals surface area (Å²) in [5, 5.41) is 6.32. The molecule has 0 aliphatic heterocycles. The summed E-state index contributed by atoms with van der Waals surface area (Å²) in [5.41, 5.74) is 7.09. The molecule has 1 aliphatic carbocycles. The molecule has 0 bridgehead atoms. The van der Waals surface area contributed by atoms with Gasteiger partial charge in [0.1, 0.15) is 5.75 Å². The van der Waals surface area contributed by atoms with Crippen LogP contribution in [0.4, 0.5) is 5.69 Å². The monoisotopic (exact) mass is 333 g/mol. The lowest BCUT2D eigenvalue weighted by atomic mass is 9.85. The largest absolute Gasteiger partial charge is 0.497 e. The molecule has 0 aromatic heterocycles. The third kappa shape index (κ3) is 6.04. The molecule has 1 fully saturated rings. The number of hydrogen-bond acceptors (Lipinski definition) is 4. The van der Waals surface area contributed by atoms with Gasteiger partial charge >= 0.3 is 0 Å². The Morgan fingerprint density at radius 2 is 1.92 bits per heavy atom. The SMILES string of the molecule is COc1ccc(NC[C@H](C)NC(=O)[C@@H](N)CC2CCCCC2)cc1. The highest BCUT2D eigenvalue weighted by molar-refractivity contribution is 5.81. The van der Waals surface area contributed by atoms with E-state index in [-0.39, 0.29) is 11.9 Å². The van der Waals surface area contributed by atoms with Crippen molar-refractivity contribution in [3.63, 3.8) is 0 Å². The average Bonchev–Trinajstić information content (AvgIpc) is 2.61. The Balaban J connectivity index is 1.69. The topological polar surface area (TPSA) is 76.4 Å². The Hall–Kier alpha value is -1.75. The van der Waals surface area contributed by atoms with Crippen LogP contribution in [0.5, 0.6) is 5.75 Å². The van der Waals surface area contributed by atoms with Crippen LogP contribution in [0.1, 0.15) is 45.4 Å². The van der Waals surface area contributed by atoms with E-state index in [0.29, 0.717) is 12.5 Å². The lowest BCUT2D eigenvalue weighted by molar-refractivity contribution is -0.123. The first-order valence-electron chi connectivity index (χ1n) is 9.02. The molecule has 0 spiro atoms. The molecule has 1 aromatic carbocycles. The van der Waals surface area contributed by atoms with E-state index in [4.69, 9.17) is 10.5 Å². The first-order valence-corrected chi connectivity index (χ1v) is 9.02. The molecule has 134 valence electrons. The molecular weight excluding hydrogens is 302 g/mol. The predicted molar refractivity (Wildman–Crippen MR) is 98.3 cm³/mol. The molecule has 0 saturated heterocycles. The summed E-state index contributed by atoms with van der Waals surface area (Å²) in [6.07, 6.45) is 7.13. The normalized spacial score (nSPS) is 17.8. The molecule has 5 nitrogen and oxygen atoms in total. The number of hydrogen-bond donors (Lipinski definition) is 3. The highest BCUT2D eigenvalue weighted by Crippen LogP contribution is 2.26. The van der Waals surface area contributed by atoms with Gasteiger partial charge in [0.2, 0.25) is 5.91 Å². The molecule has 2 rings (SSSR count). The fraction of sp³-hybridized carbons (Fsp3) is 0.632. The Bertz CT molecular complexity index is 498. The maximum Gasteiger partial charge on any atom is 0.237 e. The van der Waals surface area contributed by atoms with Crippen molar-refractivity contribution in [2.45, 2.75) is 57.5 Å². The van der Waals surface area contributed by atoms with Crippen molar-refractivity contribution in [2.75, 3.05) is 19.0 Å². The van der Waals surface area contributed by atoms with Crippen LogP contribution in [-0.4, -0.2) is 31.6 Å². The summed E-state index contributed by atoms with van der Waals surface area (Å²) in [7, 11) is 1.65. The van der Waals surface area contributed by atoms with Gasteiger partial charge in [0, 0.05) is 18.3 Å². The molecule has 0 heterocycles. The number of carbonyl (C=O) groups is 1. The van der Waals surface area contributed by atoms with Crippen molar-refractivity contribution in [3.05, 3.63) is 24.3 Å². The number of rotatable bonds is 8. The molecule has 0 radical (unpaired) electrons. The smallest absolute Gasteiger partial charge is 0.237 e. The van der Waals surface area contributed by atoms with Gasteiger partial charge in [-0.25, -0.2) is 0 Å². The summed E-state index contributed by atoms with van der Waals surface area (Å²) in [6, 6.07) is 7.37. The second kappa shape index (κ2) is 9.52. The zero-order chi connectivity index (χ0) is 17.4. The fourth-order valence-electron chi connectivity index (χ4n) is 3.27. The fourth-order valence-corrected chi connectivity index (χ4v) is 3.27. The highest BCUT2D eigenvalue weighted by Gasteiger charge is 2.22. The van der Waals surface area contributed by atoms with Crippen molar-refractivity contribution < 1.29 is 9.53 Å². The zero-order valence-corrected chi connectivity index (χ0v) is 14.9. The highest BCUT2D eigenvalue weighted by atomic mass is 16.5. The van der Waals surface area contributed by atoms with E-state index in [9.17, 15) is 4.79 Å². The second-order valence-electron chi connectivity index (χ2n) is 6.87. The third-order valence-electron chi connectivity index (χ3n) is 4.74. The van der Waals surface area contributed by atoms with Gasteiger partial charge in [0.05, 0.1) is 13.2 Å². The number of nitrogens with one attached hydrogen (secondary N) is 2. The third-order valence-corrected chi connectivity index (χ3v) is 4.74. The van der Waals surface area contributed by atoms with Crippen LogP contribution in [0.25, 0.3) is 0 Å². The van der Waals surface area contributed by atoms with E-state index in [1.54, 1.807) is 7.11 Å². The number of anilines is 1. The van der Waals surface area contributed by atoms with Crippen LogP contribution in [0, 0.1) is 5.92 Å². The summed E-state index contributed by atoms with van der Waals surface area (Å²) < 4.78 is 5.14.